The van der Waals surface area contributed by atoms with E-state index >= 15 is 0 Å². The van der Waals surface area contributed by atoms with E-state index in [9.17, 15) is 18.8 Å². The number of aromatic amines is 2. The van der Waals surface area contributed by atoms with Crippen molar-refractivity contribution in [1.82, 2.24) is 25.0 Å². The Labute approximate surface area is 244 Å². The minimum atomic E-state index is -0.445. The molecule has 41 heavy (non-hydrogen) atoms. The smallest absolute Gasteiger partial charge is 0.251 e. The normalized spacial score (nSPS) is 20.0. The number of rotatable bonds is 5. The molecule has 2 amide bonds. The van der Waals surface area contributed by atoms with Crippen LogP contribution in [0.15, 0.2) is 45.8 Å². The Balaban J connectivity index is 1.08. The summed E-state index contributed by atoms with van der Waals surface area (Å²) in [6, 6.07) is 8.61. The summed E-state index contributed by atoms with van der Waals surface area (Å²) in [7, 11) is 0. The number of carbonyl (C=O) groups is 2. The van der Waals surface area contributed by atoms with Gasteiger partial charge in [-0.3, -0.25) is 19.5 Å². The summed E-state index contributed by atoms with van der Waals surface area (Å²) < 4.78 is 15.0. The Hall–Kier alpha value is -3.53. The molecular formula is C31H31BrFN5O3. The third-order valence-corrected chi connectivity index (χ3v) is 9.74. The summed E-state index contributed by atoms with van der Waals surface area (Å²) in [5, 5.41) is 8.98. The number of halogens is 2. The summed E-state index contributed by atoms with van der Waals surface area (Å²) in [4.78, 5) is 46.7. The molecule has 1 unspecified atom stereocenters. The number of para-hydroxylation sites is 1. The Bertz CT molecular complexity index is 1740. The number of fused-ring (bicyclic) bond motifs is 4. The molecule has 0 bridgehead atoms. The molecule has 2 fully saturated rings. The van der Waals surface area contributed by atoms with E-state index in [-0.39, 0.29) is 35.2 Å². The zero-order valence-electron chi connectivity index (χ0n) is 22.6. The van der Waals surface area contributed by atoms with Crippen LogP contribution in [0.3, 0.4) is 0 Å². The van der Waals surface area contributed by atoms with E-state index in [0.29, 0.717) is 55.8 Å². The van der Waals surface area contributed by atoms with Gasteiger partial charge in [0.2, 0.25) is 11.8 Å². The number of pyridine rings is 1. The van der Waals surface area contributed by atoms with Gasteiger partial charge in [-0.1, -0.05) is 12.1 Å². The lowest BCUT2D eigenvalue weighted by Gasteiger charge is -2.33. The van der Waals surface area contributed by atoms with Crippen molar-refractivity contribution in [2.75, 3.05) is 19.6 Å². The molecule has 2 N–H and O–H groups in total. The van der Waals surface area contributed by atoms with Crippen molar-refractivity contribution in [2.24, 2.45) is 11.8 Å². The van der Waals surface area contributed by atoms with Crippen LogP contribution < -0.4 is 5.56 Å². The van der Waals surface area contributed by atoms with Crippen LogP contribution in [-0.2, 0) is 22.6 Å². The van der Waals surface area contributed by atoms with Gasteiger partial charge in [-0.2, -0.15) is 5.10 Å². The van der Waals surface area contributed by atoms with E-state index in [4.69, 9.17) is 0 Å². The molecule has 2 aromatic carbocycles. The van der Waals surface area contributed by atoms with E-state index < -0.39 is 11.7 Å². The van der Waals surface area contributed by atoms with Crippen LogP contribution in [0.5, 0.6) is 0 Å². The highest BCUT2D eigenvalue weighted by Crippen LogP contribution is 2.37. The van der Waals surface area contributed by atoms with Gasteiger partial charge in [0.05, 0.1) is 23.1 Å². The van der Waals surface area contributed by atoms with Crippen molar-refractivity contribution in [3.05, 3.63) is 73.9 Å². The molecule has 0 radical (unpaired) electrons. The van der Waals surface area contributed by atoms with Gasteiger partial charge in [0.15, 0.2) is 0 Å². The van der Waals surface area contributed by atoms with Gasteiger partial charge in [-0.25, -0.2) is 4.39 Å². The molecule has 1 saturated carbocycles. The zero-order valence-corrected chi connectivity index (χ0v) is 24.2. The number of nitrogens with one attached hydrogen (secondary N) is 2. The van der Waals surface area contributed by atoms with Crippen LogP contribution >= 0.6 is 15.9 Å². The standard InChI is InChI=1S/C31H31BrFN5O3/c32-25-12-20-10-21(31(41)38(15-17-4-5-17)16-24(20)23-14-34-36-29(23)25)13-27(39)37-8-6-18(7-9-37)22-11-19-2-1-3-26(33)28(19)35-30(22)40/h1-3,11-12,14,17-18,21H,4-10,13,15-16H2,(H,34,36)(H,35,40). The molecule has 2 aliphatic heterocycles. The molecule has 0 spiro atoms. The largest absolute Gasteiger partial charge is 0.343 e. The number of carbonyl (C=O) groups excluding carboxylic acids is 2. The van der Waals surface area contributed by atoms with Crippen molar-refractivity contribution in [1.29, 1.82) is 0 Å². The molecule has 7 rings (SSSR count). The number of nitrogens with zero attached hydrogens (tertiary/aromatic N) is 3. The second-order valence-electron chi connectivity index (χ2n) is 11.8. The van der Waals surface area contributed by atoms with Crippen LogP contribution in [0.1, 0.15) is 54.7 Å². The first-order valence-corrected chi connectivity index (χ1v) is 15.2. The summed E-state index contributed by atoms with van der Waals surface area (Å²) in [5.41, 5.74) is 3.71. The maximum absolute atomic E-state index is 14.1. The van der Waals surface area contributed by atoms with Crippen LogP contribution in [0.4, 0.5) is 4.39 Å². The third kappa shape index (κ3) is 4.96. The zero-order chi connectivity index (χ0) is 28.2. The summed E-state index contributed by atoms with van der Waals surface area (Å²) in [6.07, 6.45) is 6.09. The minimum absolute atomic E-state index is 0.00870. The highest BCUT2D eigenvalue weighted by atomic mass is 79.9. The van der Waals surface area contributed by atoms with Gasteiger partial charge in [0.1, 0.15) is 5.82 Å². The second kappa shape index (κ2) is 10.4. The molecule has 8 nitrogen and oxygen atoms in total. The lowest BCUT2D eigenvalue weighted by atomic mass is 9.88. The lowest BCUT2D eigenvalue weighted by Crippen LogP contribution is -2.42. The average Bonchev–Trinajstić information content (AvgIpc) is 3.67. The topological polar surface area (TPSA) is 102 Å². The van der Waals surface area contributed by atoms with E-state index in [1.165, 1.54) is 6.07 Å². The SMILES string of the molecule is O=C(CC1Cc2cc(Br)c3[nH]ncc3c2CN(CC2CC2)C1=O)N1CCC(c2cc3cccc(F)c3[nH]c2=O)CC1. The van der Waals surface area contributed by atoms with E-state index in [2.05, 4.69) is 37.2 Å². The highest BCUT2D eigenvalue weighted by Gasteiger charge is 2.37. The molecule has 10 heteroatoms. The molecule has 1 atom stereocenters. The van der Waals surface area contributed by atoms with Gasteiger partial charge in [-0.05, 0) is 89.2 Å². The number of benzene rings is 2. The van der Waals surface area contributed by atoms with Crippen molar-refractivity contribution in [3.8, 4) is 0 Å². The first-order chi connectivity index (χ1) is 19.9. The minimum Gasteiger partial charge on any atom is -0.343 e. The number of hydrogen-bond donors (Lipinski definition) is 2. The maximum atomic E-state index is 14.1. The molecule has 4 heterocycles. The van der Waals surface area contributed by atoms with Crippen molar-refractivity contribution < 1.29 is 14.0 Å². The Morgan fingerprint density at radius 2 is 1.90 bits per heavy atom. The van der Waals surface area contributed by atoms with Crippen molar-refractivity contribution in [3.63, 3.8) is 0 Å². The predicted octanol–water partition coefficient (Wildman–Crippen LogP) is 5.01. The molecular weight excluding hydrogens is 589 g/mol. The summed E-state index contributed by atoms with van der Waals surface area (Å²) in [5.74, 6) is -0.297. The predicted molar refractivity (Wildman–Crippen MR) is 157 cm³/mol. The van der Waals surface area contributed by atoms with Crippen molar-refractivity contribution >= 4 is 49.6 Å². The van der Waals surface area contributed by atoms with Crippen LogP contribution in [-0.4, -0.2) is 56.4 Å². The fourth-order valence-electron chi connectivity index (χ4n) is 6.65. The highest BCUT2D eigenvalue weighted by molar-refractivity contribution is 9.10. The summed E-state index contributed by atoms with van der Waals surface area (Å²) >= 11 is 3.65. The van der Waals surface area contributed by atoms with Gasteiger partial charge in [0.25, 0.3) is 5.56 Å². The number of H-pyrrole nitrogens is 2. The van der Waals surface area contributed by atoms with Crippen LogP contribution in [0.2, 0.25) is 0 Å². The number of hydrogen-bond acceptors (Lipinski definition) is 4. The molecule has 2 aromatic heterocycles. The van der Waals surface area contributed by atoms with Crippen LogP contribution in [0, 0.1) is 17.7 Å². The van der Waals surface area contributed by atoms with Crippen LogP contribution in [0.25, 0.3) is 21.8 Å². The van der Waals surface area contributed by atoms with Gasteiger partial charge < -0.3 is 14.8 Å². The second-order valence-corrected chi connectivity index (χ2v) is 12.7. The number of aromatic nitrogens is 3. The summed E-state index contributed by atoms with van der Waals surface area (Å²) in [6.45, 7) is 2.31. The number of likely N-dealkylation sites (tertiary alicyclic amines) is 1. The van der Waals surface area contributed by atoms with Gasteiger partial charge in [-0.15, -0.1) is 0 Å². The molecule has 1 aliphatic carbocycles. The van der Waals surface area contributed by atoms with E-state index in [1.54, 1.807) is 18.2 Å². The monoisotopic (exact) mass is 619 g/mol. The first-order valence-electron chi connectivity index (χ1n) is 14.4. The Morgan fingerprint density at radius 1 is 1.10 bits per heavy atom. The van der Waals surface area contributed by atoms with Gasteiger partial charge in [0, 0.05) is 53.4 Å². The fourth-order valence-corrected chi connectivity index (χ4v) is 7.23. The number of amides is 2. The van der Waals surface area contributed by atoms with E-state index in [1.807, 2.05) is 16.0 Å². The fraction of sp³-hybridized carbons (Fsp3) is 0.419. The number of piperidine rings is 1. The third-order valence-electron chi connectivity index (χ3n) is 9.11. The molecule has 212 valence electrons. The first kappa shape index (κ1) is 26.4. The van der Waals surface area contributed by atoms with Crippen molar-refractivity contribution in [2.45, 2.75) is 51.0 Å². The molecule has 4 aromatic rings. The lowest BCUT2D eigenvalue weighted by molar-refractivity contribution is -0.142. The molecule has 3 aliphatic rings. The maximum Gasteiger partial charge on any atom is 0.251 e. The van der Waals surface area contributed by atoms with Gasteiger partial charge >= 0.3 is 0 Å². The molecule has 1 saturated heterocycles. The van der Waals surface area contributed by atoms with E-state index in [0.717, 1.165) is 45.9 Å². The quantitative estimate of drug-likeness (QED) is 0.328. The Morgan fingerprint density at radius 3 is 2.68 bits per heavy atom. The average molecular weight is 621 g/mol. The Kier molecular flexibility index (Phi) is 6.68.